The Morgan fingerprint density at radius 1 is 1.18 bits per heavy atom. The second-order valence-corrected chi connectivity index (χ2v) is 15.3. The van der Waals surface area contributed by atoms with E-state index in [0.717, 1.165) is 15.8 Å². The van der Waals surface area contributed by atoms with E-state index in [0.29, 0.717) is 37.5 Å². The van der Waals surface area contributed by atoms with Crippen molar-refractivity contribution in [1.82, 2.24) is 25.2 Å². The van der Waals surface area contributed by atoms with Crippen LogP contribution in [0.3, 0.4) is 0 Å². The number of rotatable bonds is 7. The monoisotopic (exact) mass is 733 g/mol. The van der Waals surface area contributed by atoms with Gasteiger partial charge in [0.05, 0.1) is 24.8 Å². The van der Waals surface area contributed by atoms with E-state index >= 15 is 0 Å². The lowest BCUT2D eigenvalue weighted by Gasteiger charge is -2.30. The van der Waals surface area contributed by atoms with Crippen molar-refractivity contribution < 1.29 is 50.2 Å². The smallest absolute Gasteiger partial charge is 0.407 e. The number of pyridine rings is 1. The average molecular weight is 734 g/mol. The first-order chi connectivity index (χ1) is 24.2. The van der Waals surface area contributed by atoms with Crippen LogP contribution in [-0.2, 0) is 29.1 Å². The molecule has 1 saturated heterocycles. The summed E-state index contributed by atoms with van der Waals surface area (Å²) in [6.07, 6.45) is 0.131. The van der Waals surface area contributed by atoms with Crippen molar-refractivity contribution in [3.8, 4) is 5.88 Å². The van der Waals surface area contributed by atoms with Crippen LogP contribution in [0.2, 0.25) is 0 Å². The normalized spacial score (nSPS) is 27.9. The summed E-state index contributed by atoms with van der Waals surface area (Å²) < 4.78 is 79.9. The summed E-state index contributed by atoms with van der Waals surface area (Å²) >= 11 is 0. The highest BCUT2D eigenvalue weighted by atomic mass is 32.2. The lowest BCUT2D eigenvalue weighted by Crippen LogP contribution is -2.58. The Bertz CT molecular complexity index is 1870. The van der Waals surface area contributed by atoms with Crippen LogP contribution in [0.4, 0.5) is 18.0 Å². The molecule has 2 aromatic rings. The maximum absolute atomic E-state index is 14.0. The fourth-order valence-electron chi connectivity index (χ4n) is 6.47. The number of nitrogens with zero attached hydrogens (tertiary/aromatic N) is 2. The van der Waals surface area contributed by atoms with E-state index in [-0.39, 0.29) is 31.9 Å². The quantitative estimate of drug-likeness (QED) is 0.360. The van der Waals surface area contributed by atoms with Crippen LogP contribution in [-0.4, -0.2) is 90.4 Å². The molecular weight excluding hydrogens is 695 g/mol. The Labute approximate surface area is 292 Å². The average Bonchev–Trinajstić information content (AvgIpc) is 3.99. The number of amides is 4. The first-order valence-electron chi connectivity index (χ1n) is 16.7. The van der Waals surface area contributed by atoms with Crippen molar-refractivity contribution in [3.63, 3.8) is 0 Å². The Hall–Kier alpha value is -4.67. The lowest BCUT2D eigenvalue weighted by molar-refractivity contribution is -0.155. The van der Waals surface area contributed by atoms with Gasteiger partial charge in [0, 0.05) is 23.9 Å². The number of alkyl carbamates (subject to hydrolysis) is 1. The van der Waals surface area contributed by atoms with Crippen LogP contribution in [0.15, 0.2) is 49.2 Å². The second-order valence-electron chi connectivity index (χ2n) is 13.3. The highest BCUT2D eigenvalue weighted by molar-refractivity contribution is 7.91. The number of nitrogens with one attached hydrogen (secondary N) is 3. The maximum Gasteiger partial charge on any atom is 0.407 e. The molecule has 2 saturated carbocycles. The van der Waals surface area contributed by atoms with E-state index in [9.17, 15) is 40.8 Å². The third kappa shape index (κ3) is 8.29. The minimum atomic E-state index is -4.90. The summed E-state index contributed by atoms with van der Waals surface area (Å²) in [6, 6.07) is 3.78. The van der Waals surface area contributed by atoms with Crippen LogP contribution < -0.4 is 20.1 Å². The number of carbonyl (C=O) groups excluding carboxylic acids is 4. The highest BCUT2D eigenvalue weighted by Crippen LogP contribution is 2.45. The van der Waals surface area contributed by atoms with E-state index in [2.05, 4.69) is 16.9 Å². The number of cyclic esters (lactones) is 1. The third-order valence-corrected chi connectivity index (χ3v) is 11.3. The molecule has 4 bridgehead atoms. The minimum Gasteiger partial charge on any atom is -0.472 e. The van der Waals surface area contributed by atoms with Gasteiger partial charge in [0.2, 0.25) is 27.7 Å². The molecule has 3 N–H and O–H groups in total. The summed E-state index contributed by atoms with van der Waals surface area (Å²) in [5.41, 5.74) is -0.869. The lowest BCUT2D eigenvalue weighted by atomic mass is 10.1. The van der Waals surface area contributed by atoms with E-state index < -0.39 is 81.3 Å². The summed E-state index contributed by atoms with van der Waals surface area (Å²) in [5.74, 6) is -3.61. The predicted molar refractivity (Wildman–Crippen MR) is 177 cm³/mol. The van der Waals surface area contributed by atoms with Gasteiger partial charge in [-0.25, -0.2) is 18.2 Å². The van der Waals surface area contributed by atoms with Crippen LogP contribution in [0.25, 0.3) is 16.8 Å². The number of hydrogen-bond acceptors (Lipinski definition) is 9. The first-order valence-corrected chi connectivity index (χ1v) is 18.3. The van der Waals surface area contributed by atoms with Gasteiger partial charge < -0.3 is 25.0 Å². The van der Waals surface area contributed by atoms with Crippen molar-refractivity contribution in [2.45, 2.75) is 86.5 Å². The number of carbonyl (C=O) groups is 4. The van der Waals surface area contributed by atoms with E-state index in [1.54, 1.807) is 6.07 Å². The predicted octanol–water partition coefficient (Wildman–Crippen LogP) is 3.50. The Morgan fingerprint density at radius 3 is 2.67 bits per heavy atom. The van der Waals surface area contributed by atoms with E-state index in [1.165, 1.54) is 12.3 Å². The molecule has 1 aromatic heterocycles. The number of sulfonamides is 1. The van der Waals surface area contributed by atoms with Gasteiger partial charge in [-0.3, -0.25) is 19.1 Å². The van der Waals surface area contributed by atoms with Crippen LogP contribution in [0.5, 0.6) is 5.88 Å². The number of allylic oxidation sites excluding steroid dienone is 1. The number of alkyl halides is 3. The standard InChI is InChI=1S/C34H38F3N5O8S/c1-2-22-17-33(22,31(45)41-51(47,48)24-10-11-24)40-28(43)27-16-23-19-42(27)30(44)26(18-34(35,36)37)39-32(46)49-14-6-4-3-5-7-20-8-9-21-12-13-38-29(50-23)25(21)15-20/h2,5,7-9,12-13,15,22-24,26-27H,1,3-4,6,10-11,14,16-19H2,(H,39,46)(H,40,43)(H,41,45)/b7-5+/t22-,23-,26+,27+,33-/m1/s1. The van der Waals surface area contributed by atoms with Crippen LogP contribution in [0.1, 0.15) is 56.9 Å². The van der Waals surface area contributed by atoms with Crippen molar-refractivity contribution >= 4 is 50.7 Å². The molecule has 1 aromatic carbocycles. The van der Waals surface area contributed by atoms with Crippen molar-refractivity contribution in [2.75, 3.05) is 13.2 Å². The molecule has 0 unspecified atom stereocenters. The zero-order valence-electron chi connectivity index (χ0n) is 27.5. The summed E-state index contributed by atoms with van der Waals surface area (Å²) in [7, 11) is -3.99. The third-order valence-electron chi connectivity index (χ3n) is 9.46. The molecule has 274 valence electrons. The minimum absolute atomic E-state index is 0.00958. The molecule has 0 spiro atoms. The second kappa shape index (κ2) is 14.2. The molecule has 2 aliphatic heterocycles. The summed E-state index contributed by atoms with van der Waals surface area (Å²) in [4.78, 5) is 59.1. The number of aromatic nitrogens is 1. The molecule has 3 heterocycles. The maximum atomic E-state index is 14.0. The SMILES string of the molecule is C=C[C@@H]1C[C@]1(NC(=O)[C@@H]1C[C@@H]2CN1C(=O)[C@H](CC(F)(F)F)NC(=O)OCCCC/C=C/c1ccc3ccnc(c3c1)O2)C(=O)NS(=O)(=O)C1CC1. The van der Waals surface area contributed by atoms with Gasteiger partial charge in [-0.2, -0.15) is 13.2 Å². The Morgan fingerprint density at radius 2 is 1.96 bits per heavy atom. The van der Waals surface area contributed by atoms with E-state index in [4.69, 9.17) is 9.47 Å². The van der Waals surface area contributed by atoms with Gasteiger partial charge in [-0.1, -0.05) is 30.4 Å². The number of halogens is 3. The van der Waals surface area contributed by atoms with E-state index in [1.807, 2.05) is 40.4 Å². The molecule has 51 heavy (non-hydrogen) atoms. The highest BCUT2D eigenvalue weighted by Gasteiger charge is 2.62. The largest absolute Gasteiger partial charge is 0.472 e. The number of fused-ring (bicyclic) bond motifs is 3. The summed E-state index contributed by atoms with van der Waals surface area (Å²) in [5, 5.41) is 5.29. The fourth-order valence-corrected chi connectivity index (χ4v) is 7.84. The number of hydrogen-bond donors (Lipinski definition) is 3. The molecule has 6 rings (SSSR count). The zero-order valence-corrected chi connectivity index (χ0v) is 28.3. The molecule has 5 atom stereocenters. The topological polar surface area (TPSA) is 173 Å². The summed E-state index contributed by atoms with van der Waals surface area (Å²) in [6.45, 7) is 3.19. The molecule has 3 fully saturated rings. The van der Waals surface area contributed by atoms with Crippen molar-refractivity contribution in [2.24, 2.45) is 5.92 Å². The molecular formula is C34H38F3N5O8S. The van der Waals surface area contributed by atoms with Crippen LogP contribution in [0, 0.1) is 5.92 Å². The van der Waals surface area contributed by atoms with Gasteiger partial charge in [-0.15, -0.1) is 6.58 Å². The molecule has 0 radical (unpaired) electrons. The van der Waals surface area contributed by atoms with Crippen LogP contribution >= 0.6 is 0 Å². The van der Waals surface area contributed by atoms with Crippen molar-refractivity contribution in [3.05, 3.63) is 54.8 Å². The molecule has 4 aliphatic rings. The Balaban J connectivity index is 1.33. The van der Waals surface area contributed by atoms with Gasteiger partial charge in [0.15, 0.2) is 0 Å². The molecule has 17 heteroatoms. The van der Waals surface area contributed by atoms with Gasteiger partial charge >= 0.3 is 12.3 Å². The molecule has 13 nitrogen and oxygen atoms in total. The fraction of sp³-hybridized carbons (Fsp3) is 0.500. The number of ether oxygens (including phenoxy) is 2. The first kappa shape index (κ1) is 36.1. The zero-order chi connectivity index (χ0) is 36.6. The Kier molecular flexibility index (Phi) is 10.0. The van der Waals surface area contributed by atoms with Gasteiger partial charge in [0.25, 0.3) is 5.91 Å². The number of benzene rings is 1. The van der Waals surface area contributed by atoms with Gasteiger partial charge in [-0.05, 0) is 61.6 Å². The van der Waals surface area contributed by atoms with Crippen molar-refractivity contribution in [1.29, 1.82) is 0 Å². The molecule has 4 amide bonds. The van der Waals surface area contributed by atoms with Gasteiger partial charge in [0.1, 0.15) is 23.7 Å². The molecule has 2 aliphatic carbocycles.